The molecular weight excluding hydrogens is 548 g/mol. The van der Waals surface area contributed by atoms with E-state index in [1.165, 1.54) is 6.92 Å². The maximum absolute atomic E-state index is 13.8. The Balaban J connectivity index is 0.00000120. The maximum Gasteiger partial charge on any atom is 1.00 e. The van der Waals surface area contributed by atoms with Crippen LogP contribution in [0.1, 0.15) is 59.0 Å². The van der Waals surface area contributed by atoms with Crippen LogP contribution in [0.3, 0.4) is 0 Å². The number of hydrogen-bond donors (Lipinski definition) is 1. The van der Waals surface area contributed by atoms with Crippen molar-refractivity contribution >= 4 is 29.0 Å². The van der Waals surface area contributed by atoms with Gasteiger partial charge in [-0.2, -0.15) is 13.2 Å². The Morgan fingerprint density at radius 3 is 2.36 bits per heavy atom. The SMILES string of the molecule is CCCNc1cc(C(F)F)c(-c2sc(C(=O)[O-])nc2C(=O)N2CC(F)(F)CC2C)cn1.FC(F)F.[K+]. The third-order valence-corrected chi connectivity index (χ3v) is 5.83. The number of nitrogens with zero attached hydrogens (tertiary/aromatic N) is 3. The van der Waals surface area contributed by atoms with Crippen LogP contribution in [-0.4, -0.2) is 58.5 Å². The molecule has 1 aliphatic rings. The smallest absolute Gasteiger partial charge is 0.542 e. The van der Waals surface area contributed by atoms with E-state index in [0.717, 1.165) is 23.6 Å². The van der Waals surface area contributed by atoms with Gasteiger partial charge in [0.15, 0.2) is 0 Å². The zero-order valence-corrected chi connectivity index (χ0v) is 23.3. The average Bonchev–Trinajstić information content (AvgIpc) is 3.31. The predicted molar refractivity (Wildman–Crippen MR) is 111 cm³/mol. The molecule has 194 valence electrons. The number of carboxylic acids is 1. The van der Waals surface area contributed by atoms with Crippen molar-refractivity contribution in [3.05, 3.63) is 28.5 Å². The van der Waals surface area contributed by atoms with Gasteiger partial charge in [-0.15, -0.1) is 11.3 Å². The second-order valence-corrected chi connectivity index (χ2v) is 8.46. The van der Waals surface area contributed by atoms with Crippen LogP contribution in [0.15, 0.2) is 12.3 Å². The number of aromatic carboxylic acids is 1. The number of aromatic nitrogens is 2. The van der Waals surface area contributed by atoms with E-state index < -0.39 is 66.2 Å². The third-order valence-electron chi connectivity index (χ3n) is 4.76. The van der Waals surface area contributed by atoms with Crippen LogP contribution in [0.4, 0.5) is 36.6 Å². The summed E-state index contributed by atoms with van der Waals surface area (Å²) in [6.45, 7) is -0.737. The topological polar surface area (TPSA) is 98.2 Å². The van der Waals surface area contributed by atoms with Crippen molar-refractivity contribution in [2.45, 2.75) is 51.8 Å². The van der Waals surface area contributed by atoms with E-state index in [0.29, 0.717) is 17.9 Å². The molecule has 0 saturated carbocycles. The van der Waals surface area contributed by atoms with Gasteiger partial charge in [0.1, 0.15) is 22.5 Å². The molecule has 3 heterocycles. The zero-order chi connectivity index (χ0) is 26.5. The number of amides is 1. The summed E-state index contributed by atoms with van der Waals surface area (Å²) in [5, 5.41) is 13.6. The van der Waals surface area contributed by atoms with Gasteiger partial charge >= 0.3 is 58.1 Å². The minimum Gasteiger partial charge on any atom is -0.542 e. The molecular formula is C20H20F7KN4O3S. The number of carbonyl (C=O) groups is 2. The van der Waals surface area contributed by atoms with E-state index in [1.54, 1.807) is 0 Å². The molecule has 2 aromatic heterocycles. The van der Waals surface area contributed by atoms with Crippen LogP contribution in [0.25, 0.3) is 10.4 Å². The van der Waals surface area contributed by atoms with Gasteiger partial charge in [-0.05, 0) is 19.4 Å². The molecule has 1 fully saturated rings. The van der Waals surface area contributed by atoms with Gasteiger partial charge in [-0.1, -0.05) is 6.92 Å². The summed E-state index contributed by atoms with van der Waals surface area (Å²) in [7, 11) is 0. The van der Waals surface area contributed by atoms with Crippen molar-refractivity contribution < 1.29 is 96.8 Å². The van der Waals surface area contributed by atoms with Crippen LogP contribution in [0.5, 0.6) is 0 Å². The molecule has 0 aromatic carbocycles. The number of rotatable bonds is 7. The monoisotopic (exact) mass is 568 g/mol. The van der Waals surface area contributed by atoms with E-state index in [2.05, 4.69) is 15.3 Å². The number of likely N-dealkylation sites (tertiary alicyclic amines) is 1. The number of carboxylic acid groups (broad SMARTS) is 1. The normalized spacial score (nSPS) is 16.4. The fraction of sp³-hybridized carbons (Fsp3) is 0.500. The third kappa shape index (κ3) is 8.61. The molecule has 3 rings (SSSR count). The quantitative estimate of drug-likeness (QED) is 0.401. The molecule has 1 unspecified atom stereocenters. The molecule has 1 N–H and O–H groups in total. The first-order chi connectivity index (χ1) is 16.3. The summed E-state index contributed by atoms with van der Waals surface area (Å²) in [5.74, 6) is -5.59. The molecule has 0 spiro atoms. The molecule has 1 aliphatic heterocycles. The van der Waals surface area contributed by atoms with Crippen LogP contribution < -0.4 is 61.8 Å². The number of pyridine rings is 1. The number of hydrogen-bond acceptors (Lipinski definition) is 7. The van der Waals surface area contributed by atoms with E-state index in [4.69, 9.17) is 0 Å². The summed E-state index contributed by atoms with van der Waals surface area (Å²) in [6, 6.07) is 0.270. The number of halogens is 7. The summed E-state index contributed by atoms with van der Waals surface area (Å²) in [6.07, 6.45) is -1.71. The molecule has 0 aliphatic carbocycles. The molecule has 2 aromatic rings. The Morgan fingerprint density at radius 2 is 1.89 bits per heavy atom. The molecule has 1 atom stereocenters. The molecule has 7 nitrogen and oxygen atoms in total. The van der Waals surface area contributed by atoms with E-state index in [1.807, 2.05) is 6.92 Å². The fourth-order valence-corrected chi connectivity index (χ4v) is 4.27. The first-order valence-electron chi connectivity index (χ1n) is 10.1. The van der Waals surface area contributed by atoms with E-state index in [9.17, 15) is 45.4 Å². The summed E-state index contributed by atoms with van der Waals surface area (Å²) in [4.78, 5) is 32.7. The second kappa shape index (κ2) is 14.0. The van der Waals surface area contributed by atoms with Gasteiger partial charge in [0.05, 0.1) is 11.4 Å². The zero-order valence-electron chi connectivity index (χ0n) is 19.3. The van der Waals surface area contributed by atoms with Crippen LogP contribution in [-0.2, 0) is 0 Å². The second-order valence-electron chi connectivity index (χ2n) is 7.46. The largest absolute Gasteiger partial charge is 1.00 e. The van der Waals surface area contributed by atoms with E-state index in [-0.39, 0.29) is 67.6 Å². The van der Waals surface area contributed by atoms with Gasteiger partial charge in [-0.25, -0.2) is 27.5 Å². The molecule has 1 saturated heterocycles. The van der Waals surface area contributed by atoms with Crippen LogP contribution >= 0.6 is 11.3 Å². The Bertz CT molecular complexity index is 1060. The van der Waals surface area contributed by atoms with Crippen molar-refractivity contribution in [3.8, 4) is 10.4 Å². The molecule has 36 heavy (non-hydrogen) atoms. The number of anilines is 1. The van der Waals surface area contributed by atoms with Crippen molar-refractivity contribution in [2.75, 3.05) is 18.4 Å². The Kier molecular flexibility index (Phi) is 12.7. The summed E-state index contributed by atoms with van der Waals surface area (Å²) >= 11 is 0.462. The number of thiazole rings is 1. The van der Waals surface area contributed by atoms with Crippen molar-refractivity contribution in [1.82, 2.24) is 14.9 Å². The molecule has 1 amide bonds. The minimum absolute atomic E-state index is 0. The number of nitrogens with one attached hydrogen (secondary N) is 1. The Hall–Kier alpha value is -1.33. The van der Waals surface area contributed by atoms with E-state index >= 15 is 0 Å². The van der Waals surface area contributed by atoms with Crippen molar-refractivity contribution in [1.29, 1.82) is 0 Å². The molecule has 0 bridgehead atoms. The summed E-state index contributed by atoms with van der Waals surface area (Å²) in [5.41, 5.74) is -1.17. The van der Waals surface area contributed by atoms with Crippen LogP contribution in [0.2, 0.25) is 0 Å². The Morgan fingerprint density at radius 1 is 1.28 bits per heavy atom. The maximum atomic E-state index is 13.8. The first kappa shape index (κ1) is 32.7. The minimum atomic E-state index is -3.67. The van der Waals surface area contributed by atoms with Gasteiger partial charge in [0.2, 0.25) is 0 Å². The average molecular weight is 569 g/mol. The standard InChI is InChI=1S/C19H20F4N4O3S.CHF3.K/c1-3-4-24-12-5-10(15(20)21)11(7-25-12)14-13(26-16(31-14)18(29)30)17(28)27-8-19(22,23)6-9(27)2;2-1(3)4;/h5,7,9,15H,3-4,6,8H2,1-2H3,(H,24,25)(H,29,30);1H;/q;;+1/p-1. The Labute approximate surface area is 247 Å². The van der Waals surface area contributed by atoms with Gasteiger partial charge < -0.3 is 20.1 Å². The molecule has 16 heteroatoms. The predicted octanol–water partition coefficient (Wildman–Crippen LogP) is 1.38. The van der Waals surface area contributed by atoms with Crippen molar-refractivity contribution in [2.24, 2.45) is 0 Å². The van der Waals surface area contributed by atoms with Gasteiger partial charge in [0.25, 0.3) is 18.3 Å². The first-order valence-corrected chi connectivity index (χ1v) is 10.9. The number of carbonyl (C=O) groups excluding carboxylic acids is 2. The van der Waals surface area contributed by atoms with Crippen LogP contribution in [0, 0.1) is 0 Å². The van der Waals surface area contributed by atoms with Crippen molar-refractivity contribution in [3.63, 3.8) is 0 Å². The number of alkyl halides is 7. The molecule has 0 radical (unpaired) electrons. The van der Waals surface area contributed by atoms with Gasteiger partial charge in [-0.3, -0.25) is 4.79 Å². The van der Waals surface area contributed by atoms with Gasteiger partial charge in [0, 0.05) is 36.3 Å². The fourth-order valence-electron chi connectivity index (χ4n) is 3.35. The summed E-state index contributed by atoms with van der Waals surface area (Å²) < 4.78 is 84.1.